The minimum absolute atomic E-state index is 0.164. The van der Waals surface area contributed by atoms with E-state index in [1.165, 1.54) is 32.1 Å². The lowest BCUT2D eigenvalue weighted by Crippen LogP contribution is -2.24. The summed E-state index contributed by atoms with van der Waals surface area (Å²) in [5, 5.41) is 9.45. The fourth-order valence-corrected chi connectivity index (χ4v) is 2.42. The van der Waals surface area contributed by atoms with Crippen molar-refractivity contribution in [3.8, 4) is 0 Å². The van der Waals surface area contributed by atoms with Crippen LogP contribution in [0.2, 0.25) is 0 Å². The first-order valence-corrected chi connectivity index (χ1v) is 5.21. The number of allylic oxidation sites excluding steroid dienone is 1. The molecule has 0 aromatic carbocycles. The number of hydrogen-bond donors (Lipinski definition) is 1. The predicted molar refractivity (Wildman–Crippen MR) is 49.8 cm³/mol. The van der Waals surface area contributed by atoms with Gasteiger partial charge in [0.05, 0.1) is 6.10 Å². The molecule has 0 heterocycles. The van der Waals surface area contributed by atoms with Gasteiger partial charge in [-0.2, -0.15) is 0 Å². The van der Waals surface area contributed by atoms with E-state index in [9.17, 15) is 5.11 Å². The number of aliphatic hydroxyl groups excluding tert-OH is 1. The molecule has 0 aliphatic heterocycles. The molecule has 0 radical (unpaired) electrons. The second-order valence-electron chi connectivity index (χ2n) is 4.26. The Kier molecular flexibility index (Phi) is 2.50. The largest absolute Gasteiger partial charge is 0.389 e. The van der Waals surface area contributed by atoms with E-state index in [-0.39, 0.29) is 6.10 Å². The van der Waals surface area contributed by atoms with Gasteiger partial charge >= 0.3 is 0 Å². The molecular formula is C11H18O. The highest BCUT2D eigenvalue weighted by Crippen LogP contribution is 2.40. The summed E-state index contributed by atoms with van der Waals surface area (Å²) in [4.78, 5) is 0. The summed E-state index contributed by atoms with van der Waals surface area (Å²) in [6.45, 7) is 0. The van der Waals surface area contributed by atoms with Gasteiger partial charge in [0.2, 0.25) is 0 Å². The average Bonchev–Trinajstić information content (AvgIpc) is 2.07. The van der Waals surface area contributed by atoms with Crippen molar-refractivity contribution >= 4 is 0 Å². The zero-order valence-corrected chi connectivity index (χ0v) is 7.58. The van der Waals surface area contributed by atoms with Crippen LogP contribution < -0.4 is 0 Å². The van der Waals surface area contributed by atoms with E-state index in [0.29, 0.717) is 0 Å². The summed E-state index contributed by atoms with van der Waals surface area (Å²) >= 11 is 0. The first-order chi connectivity index (χ1) is 5.86. The maximum Gasteiger partial charge on any atom is 0.0720 e. The summed E-state index contributed by atoms with van der Waals surface area (Å²) in [6.07, 6.45) is 11.6. The summed E-state index contributed by atoms with van der Waals surface area (Å²) in [6, 6.07) is 0. The molecule has 0 amide bonds. The maximum atomic E-state index is 9.45. The fourth-order valence-electron chi connectivity index (χ4n) is 2.42. The number of hydrogen-bond acceptors (Lipinski definition) is 1. The van der Waals surface area contributed by atoms with E-state index in [2.05, 4.69) is 6.08 Å². The van der Waals surface area contributed by atoms with Crippen molar-refractivity contribution in [3.05, 3.63) is 12.2 Å². The normalized spacial score (nSPS) is 44.6. The highest BCUT2D eigenvalue weighted by molar-refractivity contribution is 4.95. The standard InChI is InChI=1S/C11H18O/c12-11-5-1-3-9-7-8-10(9)4-2-6-11/h1,5,9-12H,2-4,6-8H2/b5-1+. The van der Waals surface area contributed by atoms with Crippen LogP contribution in [-0.4, -0.2) is 11.2 Å². The zero-order chi connectivity index (χ0) is 8.39. The van der Waals surface area contributed by atoms with Crippen LogP contribution in [0, 0.1) is 11.8 Å². The molecule has 1 fully saturated rings. The SMILES string of the molecule is OC1/C=C/CC2CCC2CCC1. The Bertz CT molecular complexity index is 174. The van der Waals surface area contributed by atoms with Crippen LogP contribution in [0.4, 0.5) is 0 Å². The summed E-state index contributed by atoms with van der Waals surface area (Å²) in [5.74, 6) is 1.94. The molecule has 0 spiro atoms. The first kappa shape index (κ1) is 8.31. The lowest BCUT2D eigenvalue weighted by atomic mass is 9.70. The van der Waals surface area contributed by atoms with Crippen LogP contribution in [0.25, 0.3) is 0 Å². The number of rotatable bonds is 0. The second-order valence-corrected chi connectivity index (χ2v) is 4.26. The Morgan fingerprint density at radius 2 is 1.83 bits per heavy atom. The van der Waals surface area contributed by atoms with Crippen molar-refractivity contribution in [1.29, 1.82) is 0 Å². The number of aliphatic hydroxyl groups is 1. The van der Waals surface area contributed by atoms with Crippen molar-refractivity contribution in [2.45, 2.75) is 44.6 Å². The molecule has 1 N–H and O–H groups in total. The quantitative estimate of drug-likeness (QED) is 0.548. The van der Waals surface area contributed by atoms with E-state index in [1.807, 2.05) is 6.08 Å². The molecular weight excluding hydrogens is 148 g/mol. The molecule has 1 nitrogen and oxygen atoms in total. The van der Waals surface area contributed by atoms with Gasteiger partial charge in [-0.1, -0.05) is 25.0 Å². The van der Waals surface area contributed by atoms with Gasteiger partial charge in [-0.05, 0) is 37.5 Å². The van der Waals surface area contributed by atoms with E-state index in [4.69, 9.17) is 0 Å². The van der Waals surface area contributed by atoms with Gasteiger partial charge < -0.3 is 5.11 Å². The Balaban J connectivity index is 1.92. The predicted octanol–water partition coefficient (Wildman–Crippen LogP) is 2.50. The third-order valence-electron chi connectivity index (χ3n) is 3.45. The first-order valence-electron chi connectivity index (χ1n) is 5.21. The van der Waals surface area contributed by atoms with Crippen LogP contribution in [0.5, 0.6) is 0 Å². The minimum atomic E-state index is -0.164. The monoisotopic (exact) mass is 166 g/mol. The van der Waals surface area contributed by atoms with Crippen molar-refractivity contribution < 1.29 is 5.11 Å². The topological polar surface area (TPSA) is 20.2 Å². The maximum absolute atomic E-state index is 9.45. The third-order valence-corrected chi connectivity index (χ3v) is 3.45. The van der Waals surface area contributed by atoms with Gasteiger partial charge in [0.1, 0.15) is 0 Å². The highest BCUT2D eigenvalue weighted by Gasteiger charge is 2.29. The number of fused-ring (bicyclic) bond motifs is 1. The Morgan fingerprint density at radius 1 is 1.00 bits per heavy atom. The van der Waals surface area contributed by atoms with E-state index < -0.39 is 0 Å². The lowest BCUT2D eigenvalue weighted by Gasteiger charge is -2.36. The Labute approximate surface area is 74.5 Å². The van der Waals surface area contributed by atoms with Crippen molar-refractivity contribution in [2.75, 3.05) is 0 Å². The molecule has 12 heavy (non-hydrogen) atoms. The van der Waals surface area contributed by atoms with Crippen LogP contribution >= 0.6 is 0 Å². The average molecular weight is 166 g/mol. The fraction of sp³-hybridized carbons (Fsp3) is 0.818. The molecule has 0 aromatic rings. The van der Waals surface area contributed by atoms with E-state index in [1.54, 1.807) is 0 Å². The smallest absolute Gasteiger partial charge is 0.0720 e. The van der Waals surface area contributed by atoms with Crippen LogP contribution in [0.15, 0.2) is 12.2 Å². The summed E-state index contributed by atoms with van der Waals surface area (Å²) in [5.41, 5.74) is 0. The van der Waals surface area contributed by atoms with Crippen LogP contribution in [-0.2, 0) is 0 Å². The summed E-state index contributed by atoms with van der Waals surface area (Å²) < 4.78 is 0. The van der Waals surface area contributed by atoms with E-state index >= 15 is 0 Å². The van der Waals surface area contributed by atoms with E-state index in [0.717, 1.165) is 18.3 Å². The van der Waals surface area contributed by atoms with Gasteiger partial charge in [-0.25, -0.2) is 0 Å². The third kappa shape index (κ3) is 1.71. The molecule has 1 heteroatoms. The van der Waals surface area contributed by atoms with Crippen molar-refractivity contribution in [3.63, 3.8) is 0 Å². The molecule has 3 atom stereocenters. The molecule has 0 aromatic heterocycles. The molecule has 0 bridgehead atoms. The molecule has 1 saturated carbocycles. The molecule has 3 unspecified atom stereocenters. The zero-order valence-electron chi connectivity index (χ0n) is 7.58. The molecule has 2 rings (SSSR count). The lowest BCUT2D eigenvalue weighted by molar-refractivity contribution is 0.155. The van der Waals surface area contributed by atoms with Crippen LogP contribution in [0.3, 0.4) is 0 Å². The summed E-state index contributed by atoms with van der Waals surface area (Å²) in [7, 11) is 0. The molecule has 2 aliphatic carbocycles. The van der Waals surface area contributed by atoms with Gasteiger partial charge in [-0.3, -0.25) is 0 Å². The van der Waals surface area contributed by atoms with Crippen LogP contribution in [0.1, 0.15) is 38.5 Å². The van der Waals surface area contributed by atoms with Gasteiger partial charge in [-0.15, -0.1) is 0 Å². The Morgan fingerprint density at radius 3 is 2.58 bits per heavy atom. The molecule has 0 saturated heterocycles. The highest BCUT2D eigenvalue weighted by atomic mass is 16.3. The minimum Gasteiger partial charge on any atom is -0.389 e. The van der Waals surface area contributed by atoms with Crippen molar-refractivity contribution in [1.82, 2.24) is 0 Å². The Hall–Kier alpha value is -0.300. The second kappa shape index (κ2) is 3.61. The van der Waals surface area contributed by atoms with Gasteiger partial charge in [0.25, 0.3) is 0 Å². The van der Waals surface area contributed by atoms with Gasteiger partial charge in [0.15, 0.2) is 0 Å². The van der Waals surface area contributed by atoms with Crippen molar-refractivity contribution in [2.24, 2.45) is 11.8 Å². The molecule has 2 aliphatic rings. The molecule has 68 valence electrons. The van der Waals surface area contributed by atoms with Gasteiger partial charge in [0, 0.05) is 0 Å².